The fraction of sp³-hybridized carbons (Fsp3) is 0.500. The van der Waals surface area contributed by atoms with E-state index in [4.69, 9.17) is 5.11 Å². The molecule has 1 aromatic rings. The molecule has 18 heavy (non-hydrogen) atoms. The quantitative estimate of drug-likeness (QED) is 0.785. The summed E-state index contributed by atoms with van der Waals surface area (Å²) < 4.78 is 13.4. The van der Waals surface area contributed by atoms with Crippen LogP contribution in [0.15, 0.2) is 24.3 Å². The van der Waals surface area contributed by atoms with E-state index < -0.39 is 12.0 Å². The standard InChI is InChI=1S/C14H20FNO2/c1-3-6-13(14(17)18)16-10(2)9-11-7-4-5-8-12(11)15/h4-5,7-8,10,13,16H,3,6,9H2,1-2H3,(H,17,18). The largest absolute Gasteiger partial charge is 0.480 e. The highest BCUT2D eigenvalue weighted by molar-refractivity contribution is 5.73. The minimum atomic E-state index is -0.850. The molecule has 0 saturated carbocycles. The van der Waals surface area contributed by atoms with Crippen LogP contribution in [0.1, 0.15) is 32.3 Å². The first-order valence-corrected chi connectivity index (χ1v) is 6.26. The fourth-order valence-electron chi connectivity index (χ4n) is 1.96. The average molecular weight is 253 g/mol. The zero-order valence-electron chi connectivity index (χ0n) is 10.8. The molecule has 0 aliphatic carbocycles. The predicted octanol–water partition coefficient (Wildman–Crippen LogP) is 2.60. The highest BCUT2D eigenvalue weighted by atomic mass is 19.1. The van der Waals surface area contributed by atoms with Crippen molar-refractivity contribution in [1.29, 1.82) is 0 Å². The van der Waals surface area contributed by atoms with Gasteiger partial charge >= 0.3 is 5.97 Å². The van der Waals surface area contributed by atoms with Gasteiger partial charge in [-0.05, 0) is 31.4 Å². The number of hydrogen-bond donors (Lipinski definition) is 2. The van der Waals surface area contributed by atoms with Crippen molar-refractivity contribution in [1.82, 2.24) is 5.32 Å². The molecule has 0 aromatic heterocycles. The Balaban J connectivity index is 2.57. The monoisotopic (exact) mass is 253 g/mol. The van der Waals surface area contributed by atoms with Crippen molar-refractivity contribution in [2.75, 3.05) is 0 Å². The van der Waals surface area contributed by atoms with E-state index in [1.165, 1.54) is 6.07 Å². The van der Waals surface area contributed by atoms with Crippen molar-refractivity contribution < 1.29 is 14.3 Å². The predicted molar refractivity (Wildman–Crippen MR) is 69.0 cm³/mol. The number of rotatable bonds is 7. The maximum Gasteiger partial charge on any atom is 0.320 e. The molecule has 0 aliphatic heterocycles. The number of halogens is 1. The molecule has 2 N–H and O–H groups in total. The average Bonchev–Trinajstić information content (AvgIpc) is 2.31. The summed E-state index contributed by atoms with van der Waals surface area (Å²) in [5, 5.41) is 12.1. The SMILES string of the molecule is CCCC(NC(C)Cc1ccccc1F)C(=O)O. The number of carboxylic acid groups (broad SMARTS) is 1. The molecule has 4 heteroatoms. The minimum absolute atomic E-state index is 0.0745. The van der Waals surface area contributed by atoms with Gasteiger partial charge in [0.15, 0.2) is 0 Å². The van der Waals surface area contributed by atoms with Gasteiger partial charge in [0.05, 0.1) is 0 Å². The van der Waals surface area contributed by atoms with Gasteiger partial charge in [0.2, 0.25) is 0 Å². The van der Waals surface area contributed by atoms with Crippen LogP contribution in [-0.2, 0) is 11.2 Å². The summed E-state index contributed by atoms with van der Waals surface area (Å²) in [5.41, 5.74) is 0.609. The zero-order valence-corrected chi connectivity index (χ0v) is 10.8. The normalized spacial score (nSPS) is 14.2. The van der Waals surface area contributed by atoms with Crippen LogP contribution >= 0.6 is 0 Å². The highest BCUT2D eigenvalue weighted by Crippen LogP contribution is 2.10. The van der Waals surface area contributed by atoms with E-state index >= 15 is 0 Å². The summed E-state index contributed by atoms with van der Waals surface area (Å²) in [6, 6.07) is 5.94. The third kappa shape index (κ3) is 4.45. The molecule has 2 atom stereocenters. The van der Waals surface area contributed by atoms with Crippen LogP contribution in [0, 0.1) is 5.82 Å². The first-order chi connectivity index (χ1) is 8.54. The molecule has 100 valence electrons. The Morgan fingerprint density at radius 3 is 2.67 bits per heavy atom. The molecule has 0 radical (unpaired) electrons. The first kappa shape index (κ1) is 14.6. The Morgan fingerprint density at radius 1 is 1.44 bits per heavy atom. The second-order valence-electron chi connectivity index (χ2n) is 4.54. The van der Waals surface area contributed by atoms with Crippen molar-refractivity contribution in [2.24, 2.45) is 0 Å². The van der Waals surface area contributed by atoms with Crippen molar-refractivity contribution in [3.63, 3.8) is 0 Å². The van der Waals surface area contributed by atoms with Crippen LogP contribution in [0.4, 0.5) is 4.39 Å². The van der Waals surface area contributed by atoms with Crippen LogP contribution in [0.2, 0.25) is 0 Å². The number of nitrogens with one attached hydrogen (secondary N) is 1. The molecule has 0 spiro atoms. The summed E-state index contributed by atoms with van der Waals surface area (Å²) >= 11 is 0. The molecule has 0 fully saturated rings. The van der Waals surface area contributed by atoms with Crippen LogP contribution in [-0.4, -0.2) is 23.2 Å². The molecule has 1 aromatic carbocycles. The van der Waals surface area contributed by atoms with Crippen molar-refractivity contribution in [3.05, 3.63) is 35.6 Å². The van der Waals surface area contributed by atoms with Gasteiger partial charge in [0, 0.05) is 6.04 Å². The molecule has 1 rings (SSSR count). The number of benzene rings is 1. The molecule has 0 saturated heterocycles. The Morgan fingerprint density at radius 2 is 2.11 bits per heavy atom. The summed E-state index contributed by atoms with van der Waals surface area (Å²) in [4.78, 5) is 11.0. The van der Waals surface area contributed by atoms with Gasteiger partial charge in [0.1, 0.15) is 11.9 Å². The number of carboxylic acids is 1. The first-order valence-electron chi connectivity index (χ1n) is 6.26. The van der Waals surface area contributed by atoms with E-state index in [2.05, 4.69) is 5.32 Å². The van der Waals surface area contributed by atoms with Crippen molar-refractivity contribution in [2.45, 2.75) is 45.2 Å². The smallest absolute Gasteiger partial charge is 0.320 e. The molecular formula is C14H20FNO2. The number of aliphatic carboxylic acids is 1. The second-order valence-corrected chi connectivity index (χ2v) is 4.54. The molecular weight excluding hydrogens is 233 g/mol. The lowest BCUT2D eigenvalue weighted by Gasteiger charge is -2.20. The molecule has 0 bridgehead atoms. The zero-order chi connectivity index (χ0) is 13.5. The second kappa shape index (κ2) is 7.11. The number of hydrogen-bond acceptors (Lipinski definition) is 2. The fourth-order valence-corrected chi connectivity index (χ4v) is 1.96. The van der Waals surface area contributed by atoms with Gasteiger partial charge in [-0.2, -0.15) is 0 Å². The Bertz CT molecular complexity index is 395. The van der Waals surface area contributed by atoms with E-state index in [-0.39, 0.29) is 11.9 Å². The molecule has 0 amide bonds. The Hall–Kier alpha value is -1.42. The lowest BCUT2D eigenvalue weighted by molar-refractivity contribution is -0.139. The van der Waals surface area contributed by atoms with Gasteiger partial charge in [-0.15, -0.1) is 0 Å². The summed E-state index contributed by atoms with van der Waals surface area (Å²) in [7, 11) is 0. The maximum absolute atomic E-state index is 13.4. The van der Waals surface area contributed by atoms with Crippen molar-refractivity contribution >= 4 is 5.97 Å². The maximum atomic E-state index is 13.4. The van der Waals surface area contributed by atoms with E-state index in [0.29, 0.717) is 18.4 Å². The van der Waals surface area contributed by atoms with E-state index in [0.717, 1.165) is 6.42 Å². The van der Waals surface area contributed by atoms with Gasteiger partial charge in [0.25, 0.3) is 0 Å². The molecule has 2 unspecified atom stereocenters. The van der Waals surface area contributed by atoms with Crippen LogP contribution < -0.4 is 5.32 Å². The molecule has 0 aliphatic rings. The summed E-state index contributed by atoms with van der Waals surface area (Å²) in [6.07, 6.45) is 1.87. The Labute approximate surface area is 107 Å². The van der Waals surface area contributed by atoms with E-state index in [1.807, 2.05) is 13.8 Å². The topological polar surface area (TPSA) is 49.3 Å². The van der Waals surface area contributed by atoms with Gasteiger partial charge in [-0.3, -0.25) is 4.79 Å². The van der Waals surface area contributed by atoms with E-state index in [9.17, 15) is 9.18 Å². The molecule has 3 nitrogen and oxygen atoms in total. The Kier molecular flexibility index (Phi) is 5.78. The third-order valence-electron chi connectivity index (χ3n) is 2.85. The van der Waals surface area contributed by atoms with Gasteiger partial charge < -0.3 is 10.4 Å². The van der Waals surface area contributed by atoms with Crippen LogP contribution in [0.5, 0.6) is 0 Å². The lowest BCUT2D eigenvalue weighted by Crippen LogP contribution is -2.42. The van der Waals surface area contributed by atoms with Crippen molar-refractivity contribution in [3.8, 4) is 0 Å². The summed E-state index contributed by atoms with van der Waals surface area (Å²) in [6.45, 7) is 3.82. The van der Waals surface area contributed by atoms with Crippen LogP contribution in [0.3, 0.4) is 0 Å². The summed E-state index contributed by atoms with van der Waals surface area (Å²) in [5.74, 6) is -1.09. The van der Waals surface area contributed by atoms with Gasteiger partial charge in [-0.1, -0.05) is 31.5 Å². The van der Waals surface area contributed by atoms with E-state index in [1.54, 1.807) is 18.2 Å². The minimum Gasteiger partial charge on any atom is -0.480 e. The highest BCUT2D eigenvalue weighted by Gasteiger charge is 2.18. The third-order valence-corrected chi connectivity index (χ3v) is 2.85. The van der Waals surface area contributed by atoms with Crippen LogP contribution in [0.25, 0.3) is 0 Å². The molecule has 0 heterocycles. The van der Waals surface area contributed by atoms with Gasteiger partial charge in [-0.25, -0.2) is 4.39 Å². The lowest BCUT2D eigenvalue weighted by atomic mass is 10.0. The number of carbonyl (C=O) groups is 1.